The summed E-state index contributed by atoms with van der Waals surface area (Å²) in [6.07, 6.45) is -0.796. The van der Waals surface area contributed by atoms with E-state index in [4.69, 9.17) is 4.74 Å². The molecular formula is C18H20N2O4. The molecule has 0 bridgehead atoms. The number of methoxy groups -OCH3 is 1. The standard InChI is InChI=1S/C18H20N2O4/c1-10-6-4-5-7-12(10)15-16-13(8-19-9-14(16)21)20-11(2)17(15)24-18(22)23-3/h4-7,15,19-20H,8-9H2,1-3H3. The molecule has 0 amide bonds. The van der Waals surface area contributed by atoms with Gasteiger partial charge in [0.15, 0.2) is 5.78 Å². The number of dihydropyridines is 1. The van der Waals surface area contributed by atoms with Crippen LogP contribution in [0, 0.1) is 6.92 Å². The van der Waals surface area contributed by atoms with Crippen molar-refractivity contribution in [1.82, 2.24) is 10.6 Å². The number of Topliss-reactive ketones (excluding diaryl/α,β-unsaturated/α-hetero) is 1. The van der Waals surface area contributed by atoms with E-state index in [9.17, 15) is 9.59 Å². The second-order valence-electron chi connectivity index (χ2n) is 5.88. The summed E-state index contributed by atoms with van der Waals surface area (Å²) in [5.41, 5.74) is 4.15. The summed E-state index contributed by atoms with van der Waals surface area (Å²) >= 11 is 0. The molecular weight excluding hydrogens is 308 g/mol. The monoisotopic (exact) mass is 328 g/mol. The minimum Gasteiger partial charge on any atom is -0.437 e. The predicted octanol–water partition coefficient (Wildman–Crippen LogP) is 2.12. The molecule has 1 aromatic rings. The number of nitrogens with one attached hydrogen (secondary N) is 2. The number of allylic oxidation sites excluding steroid dienone is 2. The fraction of sp³-hybridized carbons (Fsp3) is 0.333. The molecule has 2 heterocycles. The average Bonchev–Trinajstić information content (AvgIpc) is 2.56. The Kier molecular flexibility index (Phi) is 4.40. The highest BCUT2D eigenvalue weighted by Gasteiger charge is 2.38. The van der Waals surface area contributed by atoms with Gasteiger partial charge in [-0.25, -0.2) is 4.79 Å². The minimum absolute atomic E-state index is 0.00420. The SMILES string of the molecule is COC(=O)OC1=C(C)NC2=C(C(=O)CNC2)C1c1ccccc1C. The lowest BCUT2D eigenvalue weighted by Crippen LogP contribution is -2.42. The number of hydrogen-bond acceptors (Lipinski definition) is 6. The van der Waals surface area contributed by atoms with Crippen molar-refractivity contribution in [3.05, 3.63) is 58.1 Å². The molecule has 1 unspecified atom stereocenters. The lowest BCUT2D eigenvalue weighted by molar-refractivity contribution is -0.115. The summed E-state index contributed by atoms with van der Waals surface area (Å²) in [6.45, 7) is 4.65. The van der Waals surface area contributed by atoms with Gasteiger partial charge < -0.3 is 20.1 Å². The zero-order chi connectivity index (χ0) is 17.3. The van der Waals surface area contributed by atoms with Crippen molar-refractivity contribution in [3.63, 3.8) is 0 Å². The van der Waals surface area contributed by atoms with E-state index >= 15 is 0 Å². The quantitative estimate of drug-likeness (QED) is 0.810. The van der Waals surface area contributed by atoms with Crippen LogP contribution in [0.2, 0.25) is 0 Å². The van der Waals surface area contributed by atoms with Gasteiger partial charge in [-0.15, -0.1) is 0 Å². The number of carbonyl (C=O) groups is 2. The van der Waals surface area contributed by atoms with E-state index in [1.54, 1.807) is 0 Å². The smallest absolute Gasteiger partial charge is 0.437 e. The van der Waals surface area contributed by atoms with Gasteiger partial charge in [-0.3, -0.25) is 4.79 Å². The molecule has 6 heteroatoms. The van der Waals surface area contributed by atoms with Crippen molar-refractivity contribution >= 4 is 11.9 Å². The largest absolute Gasteiger partial charge is 0.513 e. The molecule has 6 nitrogen and oxygen atoms in total. The van der Waals surface area contributed by atoms with Gasteiger partial charge in [-0.1, -0.05) is 24.3 Å². The van der Waals surface area contributed by atoms with Crippen LogP contribution >= 0.6 is 0 Å². The van der Waals surface area contributed by atoms with E-state index in [1.165, 1.54) is 7.11 Å². The maximum Gasteiger partial charge on any atom is 0.513 e. The molecule has 0 aromatic heterocycles. The van der Waals surface area contributed by atoms with Crippen LogP contribution in [0.3, 0.4) is 0 Å². The Morgan fingerprint density at radius 2 is 1.96 bits per heavy atom. The number of carbonyl (C=O) groups excluding carboxylic acids is 2. The lowest BCUT2D eigenvalue weighted by Gasteiger charge is -2.34. The van der Waals surface area contributed by atoms with Crippen molar-refractivity contribution in [3.8, 4) is 0 Å². The summed E-state index contributed by atoms with van der Waals surface area (Å²) in [4.78, 5) is 24.3. The van der Waals surface area contributed by atoms with Crippen LogP contribution in [-0.4, -0.2) is 32.1 Å². The average molecular weight is 328 g/mol. The van der Waals surface area contributed by atoms with Crippen LogP contribution in [0.5, 0.6) is 0 Å². The molecule has 2 aliphatic heterocycles. The second-order valence-corrected chi connectivity index (χ2v) is 5.88. The molecule has 2 N–H and O–H groups in total. The van der Waals surface area contributed by atoms with Gasteiger partial charge in [0.1, 0.15) is 5.76 Å². The Morgan fingerprint density at radius 1 is 1.21 bits per heavy atom. The van der Waals surface area contributed by atoms with E-state index in [0.29, 0.717) is 23.6 Å². The predicted molar refractivity (Wildman–Crippen MR) is 88.1 cm³/mol. The molecule has 0 saturated heterocycles. The molecule has 3 rings (SSSR count). The Labute approximate surface area is 140 Å². The topological polar surface area (TPSA) is 76.7 Å². The first-order valence-corrected chi connectivity index (χ1v) is 7.79. The van der Waals surface area contributed by atoms with Gasteiger partial charge >= 0.3 is 6.16 Å². The van der Waals surface area contributed by atoms with Gasteiger partial charge in [0.2, 0.25) is 0 Å². The summed E-state index contributed by atoms with van der Waals surface area (Å²) in [6, 6.07) is 7.80. The molecule has 2 aliphatic rings. The number of aryl methyl sites for hydroxylation is 1. The fourth-order valence-corrected chi connectivity index (χ4v) is 3.22. The normalized spacial score (nSPS) is 20.5. The molecule has 0 radical (unpaired) electrons. The van der Waals surface area contributed by atoms with Gasteiger partial charge in [0.25, 0.3) is 0 Å². The number of ketones is 1. The van der Waals surface area contributed by atoms with E-state index < -0.39 is 12.1 Å². The molecule has 24 heavy (non-hydrogen) atoms. The first-order valence-electron chi connectivity index (χ1n) is 7.79. The van der Waals surface area contributed by atoms with Gasteiger partial charge in [0, 0.05) is 17.8 Å². The molecule has 0 saturated carbocycles. The van der Waals surface area contributed by atoms with Crippen LogP contribution in [0.15, 0.2) is 47.0 Å². The van der Waals surface area contributed by atoms with Crippen molar-refractivity contribution in [2.45, 2.75) is 19.8 Å². The second kappa shape index (κ2) is 6.49. The zero-order valence-electron chi connectivity index (χ0n) is 13.9. The van der Waals surface area contributed by atoms with Crippen LogP contribution in [0.25, 0.3) is 0 Å². The summed E-state index contributed by atoms with van der Waals surface area (Å²) in [7, 11) is 1.26. The Balaban J connectivity index is 2.15. The highest BCUT2D eigenvalue weighted by molar-refractivity contribution is 6.01. The number of rotatable bonds is 2. The van der Waals surface area contributed by atoms with E-state index in [1.807, 2.05) is 38.1 Å². The summed E-state index contributed by atoms with van der Waals surface area (Å²) in [5, 5.41) is 6.27. The molecule has 126 valence electrons. The van der Waals surface area contributed by atoms with Crippen molar-refractivity contribution in [2.75, 3.05) is 20.2 Å². The molecule has 1 aromatic carbocycles. The zero-order valence-corrected chi connectivity index (χ0v) is 13.9. The number of ether oxygens (including phenoxy) is 2. The molecule has 0 spiro atoms. The highest BCUT2D eigenvalue weighted by atomic mass is 16.7. The van der Waals surface area contributed by atoms with Crippen LogP contribution in [0.1, 0.15) is 24.0 Å². The minimum atomic E-state index is -0.796. The van der Waals surface area contributed by atoms with Crippen LogP contribution in [0.4, 0.5) is 4.79 Å². The van der Waals surface area contributed by atoms with Gasteiger partial charge in [-0.2, -0.15) is 0 Å². The summed E-state index contributed by atoms with van der Waals surface area (Å²) in [5.74, 6) is -0.0169. The first-order chi connectivity index (χ1) is 11.5. The van der Waals surface area contributed by atoms with Crippen molar-refractivity contribution in [1.29, 1.82) is 0 Å². The maximum atomic E-state index is 12.6. The number of hydrogen-bond donors (Lipinski definition) is 2. The first kappa shape index (κ1) is 16.3. The number of benzene rings is 1. The Hall–Kier alpha value is -2.60. The highest BCUT2D eigenvalue weighted by Crippen LogP contribution is 2.40. The van der Waals surface area contributed by atoms with E-state index in [2.05, 4.69) is 15.4 Å². The van der Waals surface area contributed by atoms with Gasteiger partial charge in [0.05, 0.1) is 25.3 Å². The fourth-order valence-electron chi connectivity index (χ4n) is 3.22. The van der Waals surface area contributed by atoms with Crippen LogP contribution < -0.4 is 10.6 Å². The Morgan fingerprint density at radius 3 is 2.67 bits per heavy atom. The summed E-state index contributed by atoms with van der Waals surface area (Å²) < 4.78 is 10.1. The van der Waals surface area contributed by atoms with Crippen molar-refractivity contribution < 1.29 is 19.1 Å². The van der Waals surface area contributed by atoms with E-state index in [0.717, 1.165) is 16.8 Å². The third-order valence-corrected chi connectivity index (χ3v) is 4.33. The maximum absolute atomic E-state index is 12.6. The molecule has 1 atom stereocenters. The van der Waals surface area contributed by atoms with Crippen molar-refractivity contribution in [2.24, 2.45) is 0 Å². The Bertz CT molecular complexity index is 764. The molecule has 0 aliphatic carbocycles. The van der Waals surface area contributed by atoms with Gasteiger partial charge in [-0.05, 0) is 25.0 Å². The third-order valence-electron chi connectivity index (χ3n) is 4.33. The molecule has 0 fully saturated rings. The lowest BCUT2D eigenvalue weighted by atomic mass is 9.80. The van der Waals surface area contributed by atoms with E-state index in [-0.39, 0.29) is 12.3 Å². The third kappa shape index (κ3) is 2.80. The van der Waals surface area contributed by atoms with Crippen LogP contribution in [-0.2, 0) is 14.3 Å².